The van der Waals surface area contributed by atoms with Crippen molar-refractivity contribution in [2.45, 2.75) is 31.6 Å². The maximum Gasteiger partial charge on any atom is 0.234 e. The second-order valence-corrected chi connectivity index (χ2v) is 13.7. The Hall–Kier alpha value is -5.44. The van der Waals surface area contributed by atoms with E-state index < -0.39 is 35.5 Å². The van der Waals surface area contributed by atoms with E-state index in [2.05, 4.69) is 0 Å². The normalized spacial score (nSPS) is 26.2. The summed E-state index contributed by atoms with van der Waals surface area (Å²) in [5.41, 5.74) is 3.18. The van der Waals surface area contributed by atoms with Crippen molar-refractivity contribution in [3.05, 3.63) is 113 Å². The molecule has 2 saturated heterocycles. The van der Waals surface area contributed by atoms with Gasteiger partial charge in [0.15, 0.2) is 0 Å². The Balaban J connectivity index is 1.16. The molecule has 0 bridgehead atoms. The Morgan fingerprint density at radius 1 is 0.592 bits per heavy atom. The fraction of sp³-hybridized carbons (Fsp3) is 0.300. The van der Waals surface area contributed by atoms with Crippen LogP contribution in [0.1, 0.15) is 35.4 Å². The lowest BCUT2D eigenvalue weighted by Gasteiger charge is -2.44. The standard InChI is InChI=1S/C40H36N2O7/c43-25-10-5-22(6-11-25)17-19-41-37(46)29-15-14-28-30(33(29)39(41)48)21-31-36(35(28)34-27-4-2-1-3-24(27)9-16-32(34)45)40(49)42(38(31)47)20-18-23-7-12-26(44)13-8-23/h1-14,16,29-31,33,35-36,43-45H,15,17-21H2/t29-,30+,31+,33-,35+,36+/m0/s1. The third kappa shape index (κ3) is 5.07. The number of fused-ring (bicyclic) bond motifs is 5. The zero-order chi connectivity index (χ0) is 34.0. The molecular weight excluding hydrogens is 620 g/mol. The SMILES string of the molecule is O=C1[C@H]2[C@H](CC=C3[C@H]2C[C@H]2C(=O)N(CCc4ccc(O)cc4)C(=O)[C@H]2[C@H]3c2c(O)ccc3ccccc23)C(=O)N1CCc1ccc(O)cc1. The summed E-state index contributed by atoms with van der Waals surface area (Å²) >= 11 is 0. The smallest absolute Gasteiger partial charge is 0.234 e. The van der Waals surface area contributed by atoms with Crippen molar-refractivity contribution in [1.29, 1.82) is 0 Å². The minimum atomic E-state index is -0.763. The molecule has 0 radical (unpaired) electrons. The van der Waals surface area contributed by atoms with Gasteiger partial charge in [-0.05, 0) is 83.8 Å². The Labute approximate surface area is 283 Å². The average Bonchev–Trinajstić information content (AvgIpc) is 3.50. The summed E-state index contributed by atoms with van der Waals surface area (Å²) in [4.78, 5) is 59.2. The van der Waals surface area contributed by atoms with Gasteiger partial charge >= 0.3 is 0 Å². The molecule has 0 aromatic heterocycles. The van der Waals surface area contributed by atoms with Gasteiger partial charge in [-0.1, -0.05) is 66.2 Å². The molecule has 248 valence electrons. The lowest BCUT2D eigenvalue weighted by atomic mass is 9.56. The summed E-state index contributed by atoms with van der Waals surface area (Å²) in [5, 5.41) is 32.5. The van der Waals surface area contributed by atoms with E-state index in [1.807, 2.05) is 36.4 Å². The number of allylic oxidation sites excluding steroid dienone is 2. The monoisotopic (exact) mass is 656 g/mol. The summed E-state index contributed by atoms with van der Waals surface area (Å²) in [7, 11) is 0. The molecule has 1 saturated carbocycles. The quantitative estimate of drug-likeness (QED) is 0.187. The summed E-state index contributed by atoms with van der Waals surface area (Å²) in [6.07, 6.45) is 3.47. The lowest BCUT2D eigenvalue weighted by Crippen LogP contribution is -2.43. The van der Waals surface area contributed by atoms with Crippen LogP contribution in [0.15, 0.2) is 96.6 Å². The predicted octanol–water partition coefficient (Wildman–Crippen LogP) is 5.08. The van der Waals surface area contributed by atoms with Crippen LogP contribution in [-0.4, -0.2) is 61.8 Å². The minimum absolute atomic E-state index is 0.0262. The third-order valence-electron chi connectivity index (χ3n) is 11.2. The second kappa shape index (κ2) is 11.9. The molecule has 3 fully saturated rings. The first-order valence-electron chi connectivity index (χ1n) is 16.9. The van der Waals surface area contributed by atoms with Crippen molar-refractivity contribution >= 4 is 34.4 Å². The number of carbonyl (C=O) groups is 4. The molecule has 0 spiro atoms. The minimum Gasteiger partial charge on any atom is -0.508 e. The van der Waals surface area contributed by atoms with Gasteiger partial charge < -0.3 is 15.3 Å². The molecule has 3 N–H and O–H groups in total. The molecule has 2 aliphatic heterocycles. The number of imide groups is 2. The number of rotatable bonds is 7. The first-order valence-corrected chi connectivity index (χ1v) is 16.9. The fourth-order valence-electron chi connectivity index (χ4n) is 8.90. The molecule has 2 aliphatic carbocycles. The number of benzene rings is 4. The Bertz CT molecular complexity index is 2040. The Kier molecular flexibility index (Phi) is 7.50. The lowest BCUT2D eigenvalue weighted by molar-refractivity contribution is -0.142. The summed E-state index contributed by atoms with van der Waals surface area (Å²) in [5.74, 6) is -4.57. The number of likely N-dealkylation sites (tertiary alicyclic amines) is 2. The molecule has 0 unspecified atom stereocenters. The number of nitrogens with zero attached hydrogens (tertiary/aromatic N) is 2. The summed E-state index contributed by atoms with van der Waals surface area (Å²) in [6.45, 7) is 0.376. The van der Waals surface area contributed by atoms with Gasteiger partial charge in [-0.15, -0.1) is 0 Å². The average molecular weight is 657 g/mol. The van der Waals surface area contributed by atoms with Gasteiger partial charge in [0.2, 0.25) is 23.6 Å². The topological polar surface area (TPSA) is 135 Å². The molecule has 8 rings (SSSR count). The third-order valence-corrected chi connectivity index (χ3v) is 11.2. The van der Waals surface area contributed by atoms with Crippen molar-refractivity contribution in [3.63, 3.8) is 0 Å². The van der Waals surface area contributed by atoms with E-state index in [-0.39, 0.29) is 60.4 Å². The van der Waals surface area contributed by atoms with Crippen LogP contribution in [0, 0.1) is 29.6 Å². The van der Waals surface area contributed by atoms with Crippen LogP contribution in [0.5, 0.6) is 17.2 Å². The van der Waals surface area contributed by atoms with Gasteiger partial charge in [0.1, 0.15) is 17.2 Å². The fourth-order valence-corrected chi connectivity index (χ4v) is 8.90. The van der Waals surface area contributed by atoms with Crippen LogP contribution in [0.3, 0.4) is 0 Å². The number of phenolic OH excluding ortho intramolecular Hbond substituents is 3. The molecule has 4 amide bonds. The van der Waals surface area contributed by atoms with Gasteiger partial charge in [0.05, 0.1) is 23.7 Å². The van der Waals surface area contributed by atoms with Crippen molar-refractivity contribution in [2.24, 2.45) is 29.6 Å². The first kappa shape index (κ1) is 30.9. The maximum absolute atomic E-state index is 14.4. The molecule has 4 aliphatic rings. The van der Waals surface area contributed by atoms with E-state index in [0.717, 1.165) is 27.5 Å². The van der Waals surface area contributed by atoms with Crippen LogP contribution < -0.4 is 0 Å². The van der Waals surface area contributed by atoms with Crippen LogP contribution in [0.25, 0.3) is 10.8 Å². The summed E-state index contributed by atoms with van der Waals surface area (Å²) in [6, 6.07) is 24.5. The van der Waals surface area contributed by atoms with Gasteiger partial charge in [-0.25, -0.2) is 0 Å². The van der Waals surface area contributed by atoms with Crippen molar-refractivity contribution in [1.82, 2.24) is 9.80 Å². The van der Waals surface area contributed by atoms with E-state index >= 15 is 0 Å². The number of carbonyl (C=O) groups excluding carboxylic acids is 4. The molecule has 4 aromatic rings. The van der Waals surface area contributed by atoms with Crippen LogP contribution in [0.2, 0.25) is 0 Å². The van der Waals surface area contributed by atoms with Gasteiger partial charge in [-0.2, -0.15) is 0 Å². The highest BCUT2D eigenvalue weighted by atomic mass is 16.3. The molecular formula is C40H36N2O7. The van der Waals surface area contributed by atoms with E-state index in [1.54, 1.807) is 54.6 Å². The van der Waals surface area contributed by atoms with Crippen LogP contribution in [0.4, 0.5) is 0 Å². The molecule has 9 heteroatoms. The molecule has 2 heterocycles. The zero-order valence-electron chi connectivity index (χ0n) is 26.7. The van der Waals surface area contributed by atoms with Gasteiger partial charge in [0, 0.05) is 24.6 Å². The van der Waals surface area contributed by atoms with Crippen molar-refractivity contribution < 1.29 is 34.5 Å². The number of hydrogen-bond acceptors (Lipinski definition) is 7. The van der Waals surface area contributed by atoms with Crippen LogP contribution in [-0.2, 0) is 32.0 Å². The molecule has 49 heavy (non-hydrogen) atoms. The Morgan fingerprint density at radius 3 is 1.80 bits per heavy atom. The number of amides is 4. The molecule has 4 aromatic carbocycles. The highest BCUT2D eigenvalue weighted by molar-refractivity contribution is 6.08. The first-order chi connectivity index (χ1) is 23.7. The largest absolute Gasteiger partial charge is 0.508 e. The number of phenols is 3. The highest BCUT2D eigenvalue weighted by Crippen LogP contribution is 2.59. The molecule has 6 atom stereocenters. The van der Waals surface area contributed by atoms with Crippen LogP contribution >= 0.6 is 0 Å². The highest BCUT2D eigenvalue weighted by Gasteiger charge is 2.62. The number of aromatic hydroxyl groups is 3. The Morgan fingerprint density at radius 2 is 1.16 bits per heavy atom. The van der Waals surface area contributed by atoms with E-state index in [0.29, 0.717) is 24.8 Å². The van der Waals surface area contributed by atoms with Crippen molar-refractivity contribution in [2.75, 3.05) is 13.1 Å². The summed E-state index contributed by atoms with van der Waals surface area (Å²) < 4.78 is 0. The zero-order valence-corrected chi connectivity index (χ0v) is 26.7. The number of hydrogen-bond donors (Lipinski definition) is 3. The van der Waals surface area contributed by atoms with Gasteiger partial charge in [-0.3, -0.25) is 29.0 Å². The molecule has 9 nitrogen and oxygen atoms in total. The van der Waals surface area contributed by atoms with Gasteiger partial charge in [0.25, 0.3) is 0 Å². The van der Waals surface area contributed by atoms with E-state index in [9.17, 15) is 34.5 Å². The van der Waals surface area contributed by atoms with Crippen molar-refractivity contribution in [3.8, 4) is 17.2 Å². The van der Waals surface area contributed by atoms with E-state index in [4.69, 9.17) is 0 Å². The predicted molar refractivity (Wildman–Crippen MR) is 180 cm³/mol. The maximum atomic E-state index is 14.4. The second-order valence-electron chi connectivity index (χ2n) is 13.7. The van der Waals surface area contributed by atoms with E-state index in [1.165, 1.54) is 9.80 Å².